The molecule has 0 saturated carbocycles. The van der Waals surface area contributed by atoms with Gasteiger partial charge in [-0.05, 0) is 55.0 Å². The lowest BCUT2D eigenvalue weighted by Crippen LogP contribution is -2.17. The number of non-ortho nitro benzene ring substituents is 1. The van der Waals surface area contributed by atoms with Gasteiger partial charge in [0.25, 0.3) is 11.6 Å². The third-order valence-corrected chi connectivity index (χ3v) is 4.08. The van der Waals surface area contributed by atoms with Gasteiger partial charge in [-0.3, -0.25) is 14.9 Å². The Morgan fingerprint density at radius 1 is 1.00 bits per heavy atom. The normalized spacial score (nSPS) is 10.6. The van der Waals surface area contributed by atoms with Gasteiger partial charge in [0, 0.05) is 17.7 Å². The highest BCUT2D eigenvalue weighted by Crippen LogP contribution is 2.15. The van der Waals surface area contributed by atoms with Crippen molar-refractivity contribution in [2.75, 3.05) is 0 Å². The number of rotatable bonds is 6. The van der Waals surface area contributed by atoms with Crippen LogP contribution >= 0.6 is 0 Å². The summed E-state index contributed by atoms with van der Waals surface area (Å²) in [5.74, 6) is -0.655. The number of esters is 1. The molecule has 0 radical (unpaired) electrons. The number of ether oxygens (including phenoxy) is 1. The molecule has 0 aromatic heterocycles. The van der Waals surface area contributed by atoms with Crippen LogP contribution in [-0.4, -0.2) is 23.0 Å². The molecule has 8 heteroatoms. The summed E-state index contributed by atoms with van der Waals surface area (Å²) in [5, 5.41) is 14.6. The number of nitro benzene ring substituents is 1. The van der Waals surface area contributed by atoms with Gasteiger partial charge in [-0.2, -0.15) is 5.10 Å². The van der Waals surface area contributed by atoms with Crippen LogP contribution in [0.4, 0.5) is 5.69 Å². The molecule has 0 aliphatic carbocycles. The van der Waals surface area contributed by atoms with E-state index in [2.05, 4.69) is 10.5 Å². The summed E-state index contributed by atoms with van der Waals surface area (Å²) in [6, 6.07) is 19.0. The van der Waals surface area contributed by atoms with Crippen LogP contribution in [-0.2, 0) is 0 Å². The summed E-state index contributed by atoms with van der Waals surface area (Å²) in [5.41, 5.74) is 4.41. The Labute approximate surface area is 172 Å². The number of carbonyl (C=O) groups is 2. The van der Waals surface area contributed by atoms with Crippen LogP contribution in [0.15, 0.2) is 77.9 Å². The fourth-order valence-corrected chi connectivity index (χ4v) is 2.47. The van der Waals surface area contributed by atoms with Crippen LogP contribution in [0.1, 0.15) is 31.8 Å². The van der Waals surface area contributed by atoms with Gasteiger partial charge in [-0.1, -0.05) is 23.8 Å². The minimum absolute atomic E-state index is 0.125. The predicted molar refractivity (Wildman–Crippen MR) is 111 cm³/mol. The number of aryl methyl sites for hydroxylation is 1. The van der Waals surface area contributed by atoms with E-state index in [1.165, 1.54) is 30.5 Å². The van der Waals surface area contributed by atoms with Crippen molar-refractivity contribution < 1.29 is 19.2 Å². The van der Waals surface area contributed by atoms with Gasteiger partial charge in [-0.25, -0.2) is 10.2 Å². The summed E-state index contributed by atoms with van der Waals surface area (Å²) in [6.07, 6.45) is 1.40. The van der Waals surface area contributed by atoms with Crippen molar-refractivity contribution in [2.45, 2.75) is 6.92 Å². The van der Waals surface area contributed by atoms with E-state index < -0.39 is 16.8 Å². The quantitative estimate of drug-likeness (QED) is 0.221. The SMILES string of the molecule is Cc1ccc(C(=O)Oc2ccc(/C=N/NC(=O)c3cccc([N+](=O)[O-])c3)cc2)cc1. The van der Waals surface area contributed by atoms with Crippen molar-refractivity contribution in [3.05, 3.63) is 105 Å². The van der Waals surface area contributed by atoms with E-state index >= 15 is 0 Å². The first-order valence-corrected chi connectivity index (χ1v) is 8.89. The molecule has 3 rings (SSSR count). The number of nitro groups is 1. The second-order valence-electron chi connectivity index (χ2n) is 6.33. The Morgan fingerprint density at radius 2 is 1.70 bits per heavy atom. The topological polar surface area (TPSA) is 111 Å². The number of benzene rings is 3. The number of nitrogens with zero attached hydrogens (tertiary/aromatic N) is 2. The van der Waals surface area contributed by atoms with Crippen LogP contribution in [0.5, 0.6) is 5.75 Å². The van der Waals surface area contributed by atoms with E-state index in [4.69, 9.17) is 4.74 Å². The zero-order valence-corrected chi connectivity index (χ0v) is 15.9. The summed E-state index contributed by atoms with van der Waals surface area (Å²) in [6.45, 7) is 1.93. The second-order valence-corrected chi connectivity index (χ2v) is 6.33. The number of carbonyl (C=O) groups excluding carboxylic acids is 2. The third-order valence-electron chi connectivity index (χ3n) is 4.08. The van der Waals surface area contributed by atoms with Crippen molar-refractivity contribution >= 4 is 23.8 Å². The van der Waals surface area contributed by atoms with Crippen molar-refractivity contribution in [1.29, 1.82) is 0 Å². The zero-order valence-electron chi connectivity index (χ0n) is 15.9. The highest BCUT2D eigenvalue weighted by Gasteiger charge is 2.11. The van der Waals surface area contributed by atoms with E-state index in [1.54, 1.807) is 36.4 Å². The molecule has 30 heavy (non-hydrogen) atoms. The lowest BCUT2D eigenvalue weighted by Gasteiger charge is -2.05. The van der Waals surface area contributed by atoms with Gasteiger partial charge in [0.2, 0.25) is 0 Å². The van der Waals surface area contributed by atoms with Gasteiger partial charge >= 0.3 is 5.97 Å². The third kappa shape index (κ3) is 5.35. The minimum Gasteiger partial charge on any atom is -0.423 e. The lowest BCUT2D eigenvalue weighted by atomic mass is 10.1. The molecule has 0 bridgehead atoms. The van der Waals surface area contributed by atoms with Crippen molar-refractivity contribution in [3.63, 3.8) is 0 Å². The molecular weight excluding hydrogens is 386 g/mol. The maximum atomic E-state index is 12.1. The number of amides is 1. The predicted octanol–water partition coefficient (Wildman–Crippen LogP) is 3.89. The first kappa shape index (κ1) is 20.4. The average molecular weight is 403 g/mol. The van der Waals surface area contributed by atoms with E-state index in [1.807, 2.05) is 19.1 Å². The maximum Gasteiger partial charge on any atom is 0.343 e. The van der Waals surface area contributed by atoms with Crippen LogP contribution in [0.2, 0.25) is 0 Å². The molecule has 3 aromatic carbocycles. The minimum atomic E-state index is -0.576. The molecule has 0 unspecified atom stereocenters. The molecule has 8 nitrogen and oxygen atoms in total. The summed E-state index contributed by atoms with van der Waals surface area (Å²) >= 11 is 0. The van der Waals surface area contributed by atoms with Crippen LogP contribution in [0.3, 0.4) is 0 Å². The Hall–Kier alpha value is -4.33. The molecule has 0 aliphatic rings. The highest BCUT2D eigenvalue weighted by molar-refractivity contribution is 5.95. The molecule has 0 spiro atoms. The van der Waals surface area contributed by atoms with Crippen molar-refractivity contribution in [2.24, 2.45) is 5.10 Å². The molecule has 0 atom stereocenters. The number of hydrazone groups is 1. The molecular formula is C22H17N3O5. The van der Waals surface area contributed by atoms with E-state index in [0.717, 1.165) is 5.56 Å². The molecule has 0 saturated heterocycles. The Balaban J connectivity index is 1.57. The smallest absolute Gasteiger partial charge is 0.343 e. The highest BCUT2D eigenvalue weighted by atomic mass is 16.6. The largest absolute Gasteiger partial charge is 0.423 e. The van der Waals surface area contributed by atoms with Crippen molar-refractivity contribution in [3.8, 4) is 5.75 Å². The summed E-state index contributed by atoms with van der Waals surface area (Å²) in [7, 11) is 0. The van der Waals surface area contributed by atoms with Crippen molar-refractivity contribution in [1.82, 2.24) is 5.43 Å². The van der Waals surface area contributed by atoms with Crippen LogP contribution in [0.25, 0.3) is 0 Å². The Morgan fingerprint density at radius 3 is 2.37 bits per heavy atom. The van der Waals surface area contributed by atoms with E-state index in [-0.39, 0.29) is 11.3 Å². The monoisotopic (exact) mass is 403 g/mol. The first-order chi connectivity index (χ1) is 14.4. The molecule has 3 aromatic rings. The molecule has 0 aliphatic heterocycles. The van der Waals surface area contributed by atoms with Gasteiger partial charge in [0.1, 0.15) is 5.75 Å². The van der Waals surface area contributed by atoms with Crippen LogP contribution in [0, 0.1) is 17.0 Å². The fraction of sp³-hybridized carbons (Fsp3) is 0.0455. The molecule has 0 fully saturated rings. The number of nitrogens with one attached hydrogen (secondary N) is 1. The number of hydrogen-bond donors (Lipinski definition) is 1. The second kappa shape index (κ2) is 9.24. The van der Waals surface area contributed by atoms with E-state index in [0.29, 0.717) is 16.9 Å². The van der Waals surface area contributed by atoms with Gasteiger partial charge in [0.15, 0.2) is 0 Å². The lowest BCUT2D eigenvalue weighted by molar-refractivity contribution is -0.384. The van der Waals surface area contributed by atoms with Crippen LogP contribution < -0.4 is 10.2 Å². The molecule has 0 heterocycles. The average Bonchev–Trinajstić information content (AvgIpc) is 2.75. The van der Waals surface area contributed by atoms with E-state index in [9.17, 15) is 19.7 Å². The fourth-order valence-electron chi connectivity index (χ4n) is 2.47. The first-order valence-electron chi connectivity index (χ1n) is 8.89. The maximum absolute atomic E-state index is 12.1. The standard InChI is InChI=1S/C22H17N3O5/c1-15-5-9-17(10-6-15)22(27)30-20-11-7-16(8-12-20)14-23-24-21(26)18-3-2-4-19(13-18)25(28)29/h2-14H,1H3,(H,24,26)/b23-14+. The Bertz CT molecular complexity index is 1110. The van der Waals surface area contributed by atoms with Gasteiger partial charge < -0.3 is 4.74 Å². The zero-order chi connectivity index (χ0) is 21.5. The molecule has 1 N–H and O–H groups in total. The summed E-state index contributed by atoms with van der Waals surface area (Å²) < 4.78 is 5.32. The molecule has 150 valence electrons. The van der Waals surface area contributed by atoms with Gasteiger partial charge in [-0.15, -0.1) is 0 Å². The summed E-state index contributed by atoms with van der Waals surface area (Å²) in [4.78, 5) is 34.4. The number of hydrogen-bond acceptors (Lipinski definition) is 6. The Kier molecular flexibility index (Phi) is 6.29. The van der Waals surface area contributed by atoms with Gasteiger partial charge in [0.05, 0.1) is 16.7 Å². The molecule has 1 amide bonds.